The fourth-order valence-electron chi connectivity index (χ4n) is 5.96. The maximum atomic E-state index is 15.1. The van der Waals surface area contributed by atoms with Crippen molar-refractivity contribution in [2.45, 2.75) is 71.1 Å². The molecular weight excluding hydrogens is 393 g/mol. The Labute approximate surface area is 184 Å². The molecule has 0 N–H and O–H groups in total. The van der Waals surface area contributed by atoms with Gasteiger partial charge in [0.15, 0.2) is 11.6 Å². The van der Waals surface area contributed by atoms with Crippen molar-refractivity contribution in [2.75, 3.05) is 0 Å². The van der Waals surface area contributed by atoms with Crippen molar-refractivity contribution < 1.29 is 13.2 Å². The van der Waals surface area contributed by atoms with Crippen LogP contribution in [0, 0.1) is 42.1 Å². The summed E-state index contributed by atoms with van der Waals surface area (Å²) in [6.07, 6.45) is 13.5. The van der Waals surface area contributed by atoms with Gasteiger partial charge in [0.1, 0.15) is 5.82 Å². The van der Waals surface area contributed by atoms with Crippen LogP contribution < -0.4 is 0 Å². The maximum Gasteiger partial charge on any atom is 0.167 e. The number of hydrogen-bond acceptors (Lipinski definition) is 0. The van der Waals surface area contributed by atoms with Crippen LogP contribution in [-0.2, 0) is 0 Å². The van der Waals surface area contributed by atoms with Gasteiger partial charge in [-0.25, -0.2) is 13.2 Å². The Morgan fingerprint density at radius 1 is 0.871 bits per heavy atom. The fraction of sp³-hybridized carbons (Fsp3) is 0.500. The lowest BCUT2D eigenvalue weighted by atomic mass is 9.63. The summed E-state index contributed by atoms with van der Waals surface area (Å²) in [5, 5.41) is 0. The normalized spacial score (nSPS) is 26.2. The lowest BCUT2D eigenvalue weighted by Gasteiger charge is -2.42. The lowest BCUT2D eigenvalue weighted by Crippen LogP contribution is -2.30. The fourth-order valence-corrected chi connectivity index (χ4v) is 5.96. The van der Waals surface area contributed by atoms with Crippen molar-refractivity contribution in [1.29, 1.82) is 0 Å². The zero-order valence-corrected chi connectivity index (χ0v) is 18.6. The van der Waals surface area contributed by atoms with Crippen molar-refractivity contribution in [2.24, 2.45) is 17.8 Å². The number of fused-ring (bicyclic) bond motifs is 1. The van der Waals surface area contributed by atoms with Crippen LogP contribution in [0.15, 0.2) is 42.5 Å². The van der Waals surface area contributed by atoms with Gasteiger partial charge in [0.25, 0.3) is 0 Å². The first-order chi connectivity index (χ1) is 15.0. The summed E-state index contributed by atoms with van der Waals surface area (Å²) < 4.78 is 44.4. The van der Waals surface area contributed by atoms with E-state index < -0.39 is 17.5 Å². The first-order valence-corrected chi connectivity index (χ1v) is 11.8. The highest BCUT2D eigenvalue weighted by atomic mass is 19.2. The highest BCUT2D eigenvalue weighted by Gasteiger charge is 2.37. The SMILES string of the molecule is C/C=C/CCC1CCC2CC(c3ccc(-c4ccc(C)cc4F)c(F)c3F)CCC2C1. The van der Waals surface area contributed by atoms with Gasteiger partial charge in [-0.3, -0.25) is 0 Å². The Hall–Kier alpha value is -2.03. The van der Waals surface area contributed by atoms with Crippen molar-refractivity contribution >= 4 is 0 Å². The van der Waals surface area contributed by atoms with Crippen LogP contribution in [-0.4, -0.2) is 0 Å². The molecule has 0 saturated heterocycles. The first-order valence-electron chi connectivity index (χ1n) is 11.8. The van der Waals surface area contributed by atoms with E-state index in [0.717, 1.165) is 36.7 Å². The molecule has 0 spiro atoms. The number of allylic oxidation sites excluding steroid dienone is 2. The standard InChI is InChI=1S/C28H33F3/c1-3-4-5-6-19-8-9-21-17-22(11-10-20(21)16-19)23-13-14-25(28(31)27(23)30)24-12-7-18(2)15-26(24)29/h3-4,7,12-15,19-22H,5-6,8-11,16-17H2,1-2H3/b4-3+. The van der Waals surface area contributed by atoms with E-state index in [-0.39, 0.29) is 17.0 Å². The Bertz CT molecular complexity index is 946. The van der Waals surface area contributed by atoms with Crippen molar-refractivity contribution in [3.63, 3.8) is 0 Å². The summed E-state index contributed by atoms with van der Waals surface area (Å²) in [6, 6.07) is 7.87. The zero-order valence-electron chi connectivity index (χ0n) is 18.6. The largest absolute Gasteiger partial charge is 0.206 e. The molecule has 4 unspecified atom stereocenters. The molecule has 0 aliphatic heterocycles. The van der Waals surface area contributed by atoms with Gasteiger partial charge in [0, 0.05) is 11.1 Å². The average Bonchev–Trinajstić information content (AvgIpc) is 2.76. The summed E-state index contributed by atoms with van der Waals surface area (Å²) in [7, 11) is 0. The summed E-state index contributed by atoms with van der Waals surface area (Å²) in [6.45, 7) is 3.85. The number of rotatable bonds is 5. The molecule has 3 heteroatoms. The molecule has 2 aromatic carbocycles. The molecule has 0 bridgehead atoms. The number of halogens is 3. The van der Waals surface area contributed by atoms with Gasteiger partial charge in [0.05, 0.1) is 0 Å². The third kappa shape index (κ3) is 4.76. The quantitative estimate of drug-likeness (QED) is 0.419. The van der Waals surface area contributed by atoms with Crippen LogP contribution >= 0.6 is 0 Å². The number of benzene rings is 2. The third-order valence-electron chi connectivity index (χ3n) is 7.67. The third-order valence-corrected chi connectivity index (χ3v) is 7.67. The molecule has 2 aliphatic carbocycles. The summed E-state index contributed by atoms with van der Waals surface area (Å²) in [4.78, 5) is 0. The molecule has 0 nitrogen and oxygen atoms in total. The lowest BCUT2D eigenvalue weighted by molar-refractivity contribution is 0.114. The first kappa shape index (κ1) is 22.2. The Morgan fingerprint density at radius 3 is 2.39 bits per heavy atom. The molecule has 0 radical (unpaired) electrons. The summed E-state index contributed by atoms with van der Waals surface area (Å²) in [5.74, 6) is -0.00396. The molecule has 2 fully saturated rings. The van der Waals surface area contributed by atoms with Crippen LogP contribution in [0.2, 0.25) is 0 Å². The highest BCUT2D eigenvalue weighted by Crippen LogP contribution is 2.49. The minimum Gasteiger partial charge on any atom is -0.206 e. The second-order valence-corrected chi connectivity index (χ2v) is 9.67. The Kier molecular flexibility index (Phi) is 6.89. The highest BCUT2D eigenvalue weighted by molar-refractivity contribution is 5.66. The molecule has 4 rings (SSSR count). The number of hydrogen-bond donors (Lipinski definition) is 0. The van der Waals surface area contributed by atoms with E-state index in [4.69, 9.17) is 0 Å². The minimum absolute atomic E-state index is 0.00840. The van der Waals surface area contributed by atoms with Crippen molar-refractivity contribution in [3.05, 3.63) is 71.1 Å². The van der Waals surface area contributed by atoms with Crippen molar-refractivity contribution in [3.8, 4) is 11.1 Å². The molecule has 0 heterocycles. The van der Waals surface area contributed by atoms with E-state index in [0.29, 0.717) is 11.5 Å². The molecule has 4 atom stereocenters. The molecule has 31 heavy (non-hydrogen) atoms. The van der Waals surface area contributed by atoms with E-state index in [9.17, 15) is 8.78 Å². The van der Waals surface area contributed by atoms with Gasteiger partial charge in [-0.2, -0.15) is 0 Å². The predicted molar refractivity (Wildman–Crippen MR) is 121 cm³/mol. The Balaban J connectivity index is 1.47. The van der Waals surface area contributed by atoms with Gasteiger partial charge in [-0.15, -0.1) is 0 Å². The van der Waals surface area contributed by atoms with Gasteiger partial charge in [0.2, 0.25) is 0 Å². The van der Waals surface area contributed by atoms with Crippen LogP contribution in [0.5, 0.6) is 0 Å². The van der Waals surface area contributed by atoms with E-state index >= 15 is 4.39 Å². The maximum absolute atomic E-state index is 15.1. The van der Waals surface area contributed by atoms with E-state index in [1.54, 1.807) is 25.1 Å². The minimum atomic E-state index is -0.921. The molecule has 2 aromatic rings. The molecule has 2 saturated carbocycles. The van der Waals surface area contributed by atoms with Gasteiger partial charge in [-0.1, -0.05) is 42.8 Å². The predicted octanol–water partition coefficient (Wildman–Crippen LogP) is 8.74. The van der Waals surface area contributed by atoms with Crippen LogP contribution in [0.1, 0.15) is 75.3 Å². The number of aryl methyl sites for hydroxylation is 1. The van der Waals surface area contributed by atoms with E-state index in [2.05, 4.69) is 19.1 Å². The molecule has 166 valence electrons. The average molecular weight is 427 g/mol. The summed E-state index contributed by atoms with van der Waals surface area (Å²) in [5.41, 5.74) is 1.36. The van der Waals surface area contributed by atoms with E-state index in [1.165, 1.54) is 44.2 Å². The van der Waals surface area contributed by atoms with Crippen LogP contribution in [0.25, 0.3) is 11.1 Å². The Morgan fingerprint density at radius 2 is 1.61 bits per heavy atom. The smallest absolute Gasteiger partial charge is 0.167 e. The molecular formula is C28H33F3. The molecule has 0 aromatic heterocycles. The second kappa shape index (κ2) is 9.63. The topological polar surface area (TPSA) is 0 Å². The van der Waals surface area contributed by atoms with Gasteiger partial charge >= 0.3 is 0 Å². The van der Waals surface area contributed by atoms with Gasteiger partial charge in [-0.05, 0) is 99.7 Å². The zero-order chi connectivity index (χ0) is 22.0. The van der Waals surface area contributed by atoms with Gasteiger partial charge < -0.3 is 0 Å². The second-order valence-electron chi connectivity index (χ2n) is 9.67. The van der Waals surface area contributed by atoms with Crippen LogP contribution in [0.3, 0.4) is 0 Å². The van der Waals surface area contributed by atoms with Crippen LogP contribution in [0.4, 0.5) is 13.2 Å². The summed E-state index contributed by atoms with van der Waals surface area (Å²) >= 11 is 0. The molecule has 2 aliphatic rings. The van der Waals surface area contributed by atoms with Crippen molar-refractivity contribution in [1.82, 2.24) is 0 Å². The molecule has 0 amide bonds. The monoisotopic (exact) mass is 426 g/mol. The van der Waals surface area contributed by atoms with E-state index in [1.807, 2.05) is 0 Å².